The van der Waals surface area contributed by atoms with Crippen LogP contribution in [0.5, 0.6) is 0 Å². The first kappa shape index (κ1) is 18.0. The number of benzene rings is 2. The molecule has 0 spiro atoms. The molecule has 0 saturated carbocycles. The van der Waals surface area contributed by atoms with Gasteiger partial charge >= 0.3 is 0 Å². The maximum absolute atomic E-state index is 12.8. The van der Waals surface area contributed by atoms with Gasteiger partial charge in [-0.1, -0.05) is 29.8 Å². The SMILES string of the molecule is Cc1ccc(S(=O)(=O)OCC23C=Nc4cccc(c42)C2CCCN[C@@H]2C3)cc1. The summed E-state index contributed by atoms with van der Waals surface area (Å²) in [5.41, 5.74) is 3.95. The molecular formula is C22H24N2O3S. The Morgan fingerprint density at radius 3 is 2.86 bits per heavy atom. The van der Waals surface area contributed by atoms with E-state index in [0.29, 0.717) is 12.0 Å². The molecule has 1 aliphatic carbocycles. The summed E-state index contributed by atoms with van der Waals surface area (Å²) in [6, 6.07) is 13.4. The van der Waals surface area contributed by atoms with Crippen molar-refractivity contribution in [3.63, 3.8) is 0 Å². The zero-order valence-electron chi connectivity index (χ0n) is 15.9. The van der Waals surface area contributed by atoms with E-state index in [2.05, 4.69) is 22.4 Å². The molecule has 1 saturated heterocycles. The van der Waals surface area contributed by atoms with Crippen LogP contribution in [0.15, 0.2) is 52.4 Å². The summed E-state index contributed by atoms with van der Waals surface area (Å²) in [5.74, 6) is 0.465. The molecule has 2 heterocycles. The molecule has 2 unspecified atom stereocenters. The maximum Gasteiger partial charge on any atom is 0.297 e. The summed E-state index contributed by atoms with van der Waals surface area (Å²) in [7, 11) is -3.82. The van der Waals surface area contributed by atoms with Crippen molar-refractivity contribution in [3.05, 3.63) is 59.2 Å². The second kappa shape index (κ2) is 6.51. The van der Waals surface area contributed by atoms with E-state index in [4.69, 9.17) is 4.18 Å². The molecule has 3 aliphatic rings. The number of aryl methyl sites for hydroxylation is 1. The summed E-state index contributed by atoms with van der Waals surface area (Å²) >= 11 is 0. The first-order valence-corrected chi connectivity index (χ1v) is 11.3. The topological polar surface area (TPSA) is 67.8 Å². The minimum Gasteiger partial charge on any atom is -0.313 e. The van der Waals surface area contributed by atoms with Gasteiger partial charge in [-0.2, -0.15) is 8.42 Å². The van der Waals surface area contributed by atoms with E-state index in [1.807, 2.05) is 19.2 Å². The standard InChI is InChI=1S/C22H24N2O3S/c1-15-7-9-16(10-8-15)28(25,26)27-14-22-12-20-17(5-3-11-23-20)18-4-2-6-19(21(18)22)24-13-22/h2,4,6-10,13,17,20,23H,3,5,11-12,14H2,1H3/t17?,20-,22?/m1/s1. The van der Waals surface area contributed by atoms with Gasteiger partial charge in [0.05, 0.1) is 22.6 Å². The Kier molecular flexibility index (Phi) is 4.19. The molecule has 28 heavy (non-hydrogen) atoms. The molecule has 5 rings (SSSR count). The first-order valence-electron chi connectivity index (χ1n) is 9.87. The van der Waals surface area contributed by atoms with E-state index in [9.17, 15) is 8.42 Å². The van der Waals surface area contributed by atoms with Crippen molar-refractivity contribution in [2.45, 2.75) is 48.5 Å². The molecule has 5 nitrogen and oxygen atoms in total. The molecule has 2 aromatic rings. The van der Waals surface area contributed by atoms with Crippen LogP contribution in [0.3, 0.4) is 0 Å². The molecule has 0 bridgehead atoms. The number of hydrogen-bond donors (Lipinski definition) is 1. The van der Waals surface area contributed by atoms with Crippen molar-refractivity contribution < 1.29 is 12.6 Å². The van der Waals surface area contributed by atoms with Crippen molar-refractivity contribution in [2.24, 2.45) is 4.99 Å². The molecule has 0 aromatic heterocycles. The lowest BCUT2D eigenvalue weighted by Gasteiger charge is -2.45. The third-order valence-corrected chi connectivity index (χ3v) is 7.65. The molecule has 6 heteroatoms. The van der Waals surface area contributed by atoms with Crippen LogP contribution in [0.2, 0.25) is 0 Å². The van der Waals surface area contributed by atoms with Gasteiger partial charge in [0.25, 0.3) is 10.1 Å². The molecule has 0 amide bonds. The Morgan fingerprint density at radius 1 is 1.21 bits per heavy atom. The molecule has 2 aromatic carbocycles. The lowest BCUT2D eigenvalue weighted by molar-refractivity contribution is 0.210. The van der Waals surface area contributed by atoms with Crippen molar-refractivity contribution in [1.29, 1.82) is 0 Å². The van der Waals surface area contributed by atoms with Crippen LogP contribution in [0.25, 0.3) is 0 Å². The normalized spacial score (nSPS) is 28.0. The Morgan fingerprint density at radius 2 is 2.04 bits per heavy atom. The number of nitrogens with one attached hydrogen (secondary N) is 1. The Bertz CT molecular complexity index is 1050. The molecule has 1 fully saturated rings. The average Bonchev–Trinajstić information content (AvgIpc) is 3.07. The molecule has 146 valence electrons. The van der Waals surface area contributed by atoms with Crippen LogP contribution in [0, 0.1) is 6.92 Å². The van der Waals surface area contributed by atoms with Crippen LogP contribution in [0.4, 0.5) is 5.69 Å². The first-order chi connectivity index (χ1) is 13.5. The van der Waals surface area contributed by atoms with Gasteiger partial charge < -0.3 is 5.32 Å². The highest BCUT2D eigenvalue weighted by Gasteiger charge is 2.48. The predicted octanol–water partition coefficient (Wildman–Crippen LogP) is 3.59. The number of aliphatic imine (C=N–C) groups is 1. The van der Waals surface area contributed by atoms with Crippen molar-refractivity contribution in [2.75, 3.05) is 13.2 Å². The number of fused-ring (bicyclic) bond motifs is 2. The highest BCUT2D eigenvalue weighted by Crippen LogP contribution is 2.51. The number of hydrogen-bond acceptors (Lipinski definition) is 5. The van der Waals surface area contributed by atoms with E-state index in [-0.39, 0.29) is 11.5 Å². The van der Waals surface area contributed by atoms with E-state index in [1.165, 1.54) is 11.1 Å². The fourth-order valence-corrected chi connectivity index (χ4v) is 5.96. The molecule has 2 aliphatic heterocycles. The second-order valence-corrected chi connectivity index (χ2v) is 9.81. The highest BCUT2D eigenvalue weighted by atomic mass is 32.2. The van der Waals surface area contributed by atoms with Gasteiger partial charge in [-0.05, 0) is 68.0 Å². The second-order valence-electron chi connectivity index (χ2n) is 8.20. The summed E-state index contributed by atoms with van der Waals surface area (Å²) in [4.78, 5) is 4.84. The van der Waals surface area contributed by atoms with Crippen LogP contribution < -0.4 is 5.32 Å². The summed E-state index contributed by atoms with van der Waals surface area (Å²) in [6.45, 7) is 3.02. The number of rotatable bonds is 4. The fourth-order valence-electron chi connectivity index (χ4n) is 4.99. The molecule has 1 N–H and O–H groups in total. The average molecular weight is 397 g/mol. The lowest BCUT2D eigenvalue weighted by Crippen LogP contribution is -2.51. The van der Waals surface area contributed by atoms with Gasteiger partial charge in [-0.15, -0.1) is 0 Å². The highest BCUT2D eigenvalue weighted by molar-refractivity contribution is 7.86. The smallest absolute Gasteiger partial charge is 0.297 e. The van der Waals surface area contributed by atoms with E-state index in [0.717, 1.165) is 37.1 Å². The predicted molar refractivity (Wildman–Crippen MR) is 109 cm³/mol. The third kappa shape index (κ3) is 2.82. The quantitative estimate of drug-likeness (QED) is 0.802. The minimum absolute atomic E-state index is 0.0849. The molecule has 0 radical (unpaired) electrons. The van der Waals surface area contributed by atoms with Gasteiger partial charge in [0.2, 0.25) is 0 Å². The van der Waals surface area contributed by atoms with Crippen LogP contribution in [-0.2, 0) is 19.7 Å². The monoisotopic (exact) mass is 396 g/mol. The van der Waals surface area contributed by atoms with Crippen LogP contribution >= 0.6 is 0 Å². The lowest BCUT2D eigenvalue weighted by atomic mass is 9.64. The van der Waals surface area contributed by atoms with Crippen LogP contribution in [-0.4, -0.2) is 33.8 Å². The van der Waals surface area contributed by atoms with Gasteiger partial charge in [0.15, 0.2) is 0 Å². The molecule has 3 atom stereocenters. The van der Waals surface area contributed by atoms with Crippen molar-refractivity contribution >= 4 is 22.0 Å². The minimum atomic E-state index is -3.82. The number of piperidine rings is 1. The van der Waals surface area contributed by atoms with Gasteiger partial charge in [-0.25, -0.2) is 0 Å². The maximum atomic E-state index is 12.8. The fraction of sp³-hybridized carbons (Fsp3) is 0.409. The summed E-state index contributed by atoms with van der Waals surface area (Å²) in [5, 5.41) is 3.64. The largest absolute Gasteiger partial charge is 0.313 e. The van der Waals surface area contributed by atoms with E-state index >= 15 is 0 Å². The van der Waals surface area contributed by atoms with E-state index < -0.39 is 15.5 Å². The van der Waals surface area contributed by atoms with Gasteiger partial charge in [0, 0.05) is 12.3 Å². The third-order valence-electron chi connectivity index (χ3n) is 6.37. The van der Waals surface area contributed by atoms with Crippen LogP contribution in [0.1, 0.15) is 41.9 Å². The Balaban J connectivity index is 1.49. The summed E-state index contributed by atoms with van der Waals surface area (Å²) in [6.07, 6.45) is 5.05. The van der Waals surface area contributed by atoms with Crippen molar-refractivity contribution in [3.8, 4) is 0 Å². The summed E-state index contributed by atoms with van der Waals surface area (Å²) < 4.78 is 31.2. The Labute approximate surface area is 166 Å². The van der Waals surface area contributed by atoms with Gasteiger partial charge in [0.1, 0.15) is 0 Å². The Hall–Kier alpha value is -2.02. The zero-order chi connectivity index (χ0) is 19.4. The van der Waals surface area contributed by atoms with E-state index in [1.54, 1.807) is 24.3 Å². The van der Waals surface area contributed by atoms with Crippen molar-refractivity contribution in [1.82, 2.24) is 5.32 Å². The zero-order valence-corrected chi connectivity index (χ0v) is 16.7. The molecular weight excluding hydrogens is 372 g/mol. The number of nitrogens with zero attached hydrogens (tertiary/aromatic N) is 1. The van der Waals surface area contributed by atoms with Gasteiger partial charge in [-0.3, -0.25) is 9.18 Å².